The zero-order chi connectivity index (χ0) is 14.5. The number of benzene rings is 1. The lowest BCUT2D eigenvalue weighted by atomic mass is 10.1. The van der Waals surface area contributed by atoms with E-state index in [1.165, 1.54) is 7.05 Å². The fourth-order valence-electron chi connectivity index (χ4n) is 1.66. The summed E-state index contributed by atoms with van der Waals surface area (Å²) in [5, 5.41) is 2.96. The summed E-state index contributed by atoms with van der Waals surface area (Å²) in [4.78, 5) is 0. The number of sulfonamides is 1. The molecule has 0 bridgehead atoms. The summed E-state index contributed by atoms with van der Waals surface area (Å²) in [7, 11) is -0.750. The molecule has 0 amide bonds. The molecule has 0 heterocycles. The van der Waals surface area contributed by atoms with Crippen LogP contribution < -0.4 is 5.32 Å². The van der Waals surface area contributed by atoms with Gasteiger partial charge in [-0.15, -0.1) is 0 Å². The van der Waals surface area contributed by atoms with Crippen LogP contribution in [-0.2, 0) is 22.3 Å². The molecule has 4 nitrogen and oxygen atoms in total. The zero-order valence-corrected chi connectivity index (χ0v) is 11.8. The van der Waals surface area contributed by atoms with Gasteiger partial charge in [-0.2, -0.15) is 4.31 Å². The predicted molar refractivity (Wildman–Crippen MR) is 70.5 cm³/mol. The van der Waals surface area contributed by atoms with Crippen molar-refractivity contribution in [3.05, 3.63) is 35.4 Å². The van der Waals surface area contributed by atoms with E-state index in [0.29, 0.717) is 16.4 Å². The maximum absolute atomic E-state index is 12.2. The van der Waals surface area contributed by atoms with E-state index in [2.05, 4.69) is 5.32 Å². The SMILES string of the molecule is CNCc1cccc(CS(=O)(=O)N(C)CC(F)F)c1. The molecule has 0 radical (unpaired) electrons. The first-order valence-electron chi connectivity index (χ1n) is 5.79. The Bertz CT molecular complexity index is 506. The van der Waals surface area contributed by atoms with Crippen LogP contribution in [-0.4, -0.2) is 39.8 Å². The van der Waals surface area contributed by atoms with Crippen LogP contribution >= 0.6 is 0 Å². The Kier molecular flexibility index (Phi) is 5.84. The second-order valence-electron chi connectivity index (χ2n) is 4.28. The second kappa shape index (κ2) is 6.93. The second-order valence-corrected chi connectivity index (χ2v) is 6.35. The van der Waals surface area contributed by atoms with Gasteiger partial charge in [0.1, 0.15) is 0 Å². The maximum atomic E-state index is 12.2. The van der Waals surface area contributed by atoms with Crippen molar-refractivity contribution < 1.29 is 17.2 Å². The zero-order valence-electron chi connectivity index (χ0n) is 10.9. The van der Waals surface area contributed by atoms with Crippen LogP contribution in [0.25, 0.3) is 0 Å². The molecular weight excluding hydrogens is 274 g/mol. The number of nitrogens with zero attached hydrogens (tertiary/aromatic N) is 1. The van der Waals surface area contributed by atoms with Gasteiger partial charge in [-0.25, -0.2) is 17.2 Å². The van der Waals surface area contributed by atoms with Crippen molar-refractivity contribution in [3.8, 4) is 0 Å². The first kappa shape index (κ1) is 16.0. The molecule has 0 aliphatic heterocycles. The number of hydrogen-bond donors (Lipinski definition) is 1. The first-order valence-corrected chi connectivity index (χ1v) is 7.40. The number of hydrogen-bond acceptors (Lipinski definition) is 3. The molecule has 1 aromatic rings. The molecule has 1 aromatic carbocycles. The Morgan fingerprint density at radius 2 is 1.95 bits per heavy atom. The van der Waals surface area contributed by atoms with Gasteiger partial charge in [-0.05, 0) is 18.2 Å². The number of rotatable bonds is 7. The fraction of sp³-hybridized carbons (Fsp3) is 0.500. The van der Waals surface area contributed by atoms with E-state index in [0.717, 1.165) is 5.56 Å². The Hall–Kier alpha value is -1.05. The third-order valence-electron chi connectivity index (χ3n) is 2.59. The van der Waals surface area contributed by atoms with Crippen molar-refractivity contribution in [3.63, 3.8) is 0 Å². The molecule has 0 saturated heterocycles. The van der Waals surface area contributed by atoms with Gasteiger partial charge >= 0.3 is 0 Å². The molecule has 0 aromatic heterocycles. The summed E-state index contributed by atoms with van der Waals surface area (Å²) in [5.74, 6) is -0.270. The Balaban J connectivity index is 2.80. The molecule has 0 unspecified atom stereocenters. The Morgan fingerprint density at radius 3 is 2.53 bits per heavy atom. The monoisotopic (exact) mass is 292 g/mol. The molecule has 1 rings (SSSR count). The van der Waals surface area contributed by atoms with E-state index in [9.17, 15) is 17.2 Å². The van der Waals surface area contributed by atoms with Crippen LogP contribution in [0.15, 0.2) is 24.3 Å². The van der Waals surface area contributed by atoms with Crippen molar-refractivity contribution in [2.75, 3.05) is 20.6 Å². The molecule has 0 aliphatic carbocycles. The summed E-state index contributed by atoms with van der Waals surface area (Å²) in [5.41, 5.74) is 1.54. The third-order valence-corrected chi connectivity index (χ3v) is 4.39. The van der Waals surface area contributed by atoms with Crippen LogP contribution in [0.4, 0.5) is 8.78 Å². The quantitative estimate of drug-likeness (QED) is 0.827. The summed E-state index contributed by atoms with van der Waals surface area (Å²) in [6, 6.07) is 7.05. The van der Waals surface area contributed by atoms with Crippen LogP contribution in [0.3, 0.4) is 0 Å². The predicted octanol–water partition coefficient (Wildman–Crippen LogP) is 1.43. The van der Waals surface area contributed by atoms with Crippen molar-refractivity contribution in [2.45, 2.75) is 18.7 Å². The third kappa shape index (κ3) is 5.22. The maximum Gasteiger partial charge on any atom is 0.252 e. The highest BCUT2D eigenvalue weighted by molar-refractivity contribution is 7.88. The minimum absolute atomic E-state index is 0.270. The average molecular weight is 292 g/mol. The van der Waals surface area contributed by atoms with E-state index in [4.69, 9.17) is 0 Å². The Morgan fingerprint density at radius 1 is 1.32 bits per heavy atom. The van der Waals surface area contributed by atoms with Crippen LogP contribution in [0, 0.1) is 0 Å². The molecule has 0 saturated carbocycles. The largest absolute Gasteiger partial charge is 0.316 e. The van der Waals surface area contributed by atoms with Crippen molar-refractivity contribution in [1.29, 1.82) is 0 Å². The highest BCUT2D eigenvalue weighted by atomic mass is 32.2. The molecule has 1 N–H and O–H groups in total. The minimum Gasteiger partial charge on any atom is -0.316 e. The molecule has 7 heteroatoms. The lowest BCUT2D eigenvalue weighted by Gasteiger charge is -2.16. The van der Waals surface area contributed by atoms with E-state index >= 15 is 0 Å². The molecule has 0 atom stereocenters. The minimum atomic E-state index is -3.71. The topological polar surface area (TPSA) is 49.4 Å². The van der Waals surface area contributed by atoms with Crippen LogP contribution in [0.1, 0.15) is 11.1 Å². The smallest absolute Gasteiger partial charge is 0.252 e. The lowest BCUT2D eigenvalue weighted by molar-refractivity contribution is 0.126. The van der Waals surface area contributed by atoms with Gasteiger partial charge in [0.25, 0.3) is 6.43 Å². The molecular formula is C12H18F2N2O2S. The molecule has 0 spiro atoms. The average Bonchev–Trinajstić information content (AvgIpc) is 2.28. The number of nitrogens with one attached hydrogen (secondary N) is 1. The lowest BCUT2D eigenvalue weighted by Crippen LogP contribution is -2.32. The highest BCUT2D eigenvalue weighted by Crippen LogP contribution is 2.12. The van der Waals surface area contributed by atoms with E-state index in [1.54, 1.807) is 25.2 Å². The van der Waals surface area contributed by atoms with Gasteiger partial charge in [0, 0.05) is 13.6 Å². The molecule has 19 heavy (non-hydrogen) atoms. The first-order chi connectivity index (χ1) is 8.85. The summed E-state index contributed by atoms with van der Waals surface area (Å²) in [6.07, 6.45) is -2.67. The van der Waals surface area contributed by atoms with Gasteiger partial charge in [-0.1, -0.05) is 24.3 Å². The van der Waals surface area contributed by atoms with Crippen LogP contribution in [0.2, 0.25) is 0 Å². The molecule has 0 fully saturated rings. The van der Waals surface area contributed by atoms with E-state index < -0.39 is 23.0 Å². The summed E-state index contributed by atoms with van der Waals surface area (Å²) >= 11 is 0. The van der Waals surface area contributed by atoms with Gasteiger partial charge in [-0.3, -0.25) is 0 Å². The van der Waals surface area contributed by atoms with Gasteiger partial charge in [0.05, 0.1) is 12.3 Å². The number of halogens is 2. The molecule has 108 valence electrons. The van der Waals surface area contributed by atoms with Gasteiger partial charge in [0.2, 0.25) is 10.0 Å². The van der Waals surface area contributed by atoms with Gasteiger partial charge < -0.3 is 5.32 Å². The summed E-state index contributed by atoms with van der Waals surface area (Å²) < 4.78 is 48.9. The van der Waals surface area contributed by atoms with E-state index in [-0.39, 0.29) is 5.75 Å². The summed E-state index contributed by atoms with van der Waals surface area (Å²) in [6.45, 7) is -0.153. The van der Waals surface area contributed by atoms with Crippen molar-refractivity contribution in [1.82, 2.24) is 9.62 Å². The normalized spacial score (nSPS) is 12.3. The van der Waals surface area contributed by atoms with Crippen LogP contribution in [0.5, 0.6) is 0 Å². The van der Waals surface area contributed by atoms with E-state index in [1.807, 2.05) is 6.07 Å². The number of alkyl halides is 2. The highest BCUT2D eigenvalue weighted by Gasteiger charge is 2.21. The standard InChI is InChI=1S/C12H18F2N2O2S/c1-15-7-10-4-3-5-11(6-10)9-19(17,18)16(2)8-12(13)14/h3-6,12,15H,7-9H2,1-2H3. The van der Waals surface area contributed by atoms with Crippen molar-refractivity contribution >= 4 is 10.0 Å². The molecule has 0 aliphatic rings. The van der Waals surface area contributed by atoms with Crippen molar-refractivity contribution in [2.24, 2.45) is 0 Å². The Labute approximate surface area is 112 Å². The van der Waals surface area contributed by atoms with Gasteiger partial charge in [0.15, 0.2) is 0 Å². The fourth-order valence-corrected chi connectivity index (χ4v) is 2.82.